The zero-order valence-corrected chi connectivity index (χ0v) is 14.8. The van der Waals surface area contributed by atoms with E-state index < -0.39 is 9.84 Å². The van der Waals surface area contributed by atoms with Crippen LogP contribution in [0, 0.1) is 0 Å². The SMILES string of the molecule is Cn1cc(S(=O)(=O)c2ccc(NC(=O)NCc3ccncc3)cc2)cn1. The molecule has 2 heterocycles. The van der Waals surface area contributed by atoms with Crippen molar-refractivity contribution in [1.29, 1.82) is 0 Å². The van der Waals surface area contributed by atoms with Crippen LogP contribution in [0.4, 0.5) is 10.5 Å². The number of aryl methyl sites for hydroxylation is 1. The van der Waals surface area contributed by atoms with E-state index in [1.54, 1.807) is 31.6 Å². The third kappa shape index (κ3) is 4.06. The third-order valence-corrected chi connectivity index (χ3v) is 5.34. The van der Waals surface area contributed by atoms with E-state index in [0.29, 0.717) is 12.2 Å². The van der Waals surface area contributed by atoms with Gasteiger partial charge >= 0.3 is 6.03 Å². The summed E-state index contributed by atoms with van der Waals surface area (Å²) in [7, 11) is -1.98. The fourth-order valence-corrected chi connectivity index (χ4v) is 3.49. The molecule has 134 valence electrons. The predicted molar refractivity (Wildman–Crippen MR) is 95.2 cm³/mol. The fraction of sp³-hybridized carbons (Fsp3) is 0.118. The van der Waals surface area contributed by atoms with E-state index in [-0.39, 0.29) is 15.8 Å². The molecule has 0 bridgehead atoms. The molecule has 26 heavy (non-hydrogen) atoms. The van der Waals surface area contributed by atoms with Crippen molar-refractivity contribution in [3.8, 4) is 0 Å². The number of anilines is 1. The van der Waals surface area contributed by atoms with E-state index in [0.717, 1.165) is 5.56 Å². The average molecular weight is 371 g/mol. The Morgan fingerprint density at radius 3 is 2.38 bits per heavy atom. The number of amides is 2. The van der Waals surface area contributed by atoms with E-state index in [2.05, 4.69) is 20.7 Å². The van der Waals surface area contributed by atoms with Crippen molar-refractivity contribution in [3.05, 3.63) is 66.7 Å². The van der Waals surface area contributed by atoms with Gasteiger partial charge in [-0.1, -0.05) is 0 Å². The second-order valence-electron chi connectivity index (χ2n) is 5.54. The number of hydrogen-bond acceptors (Lipinski definition) is 5. The molecule has 0 aliphatic carbocycles. The lowest BCUT2D eigenvalue weighted by atomic mass is 10.3. The number of aromatic nitrogens is 3. The largest absolute Gasteiger partial charge is 0.334 e. The number of carbonyl (C=O) groups is 1. The van der Waals surface area contributed by atoms with E-state index in [1.165, 1.54) is 41.3 Å². The van der Waals surface area contributed by atoms with Gasteiger partial charge in [0.05, 0.1) is 11.1 Å². The summed E-state index contributed by atoms with van der Waals surface area (Å²) in [5.41, 5.74) is 1.41. The maximum atomic E-state index is 12.5. The summed E-state index contributed by atoms with van der Waals surface area (Å²) in [6.45, 7) is 0.363. The van der Waals surface area contributed by atoms with Gasteiger partial charge in [0, 0.05) is 37.9 Å². The smallest absolute Gasteiger partial charge is 0.319 e. The average Bonchev–Trinajstić information content (AvgIpc) is 3.09. The Balaban J connectivity index is 1.63. The van der Waals surface area contributed by atoms with Gasteiger partial charge in [0.2, 0.25) is 9.84 Å². The zero-order valence-electron chi connectivity index (χ0n) is 14.0. The van der Waals surface area contributed by atoms with Crippen LogP contribution in [0.15, 0.2) is 71.0 Å². The van der Waals surface area contributed by atoms with Crippen molar-refractivity contribution in [2.45, 2.75) is 16.3 Å². The Labute approximate surface area is 150 Å². The Morgan fingerprint density at radius 2 is 1.77 bits per heavy atom. The molecule has 0 saturated carbocycles. The molecule has 0 radical (unpaired) electrons. The maximum absolute atomic E-state index is 12.5. The second kappa shape index (κ2) is 7.36. The summed E-state index contributed by atoms with van der Waals surface area (Å²) in [6.07, 6.45) is 6.04. The topological polar surface area (TPSA) is 106 Å². The van der Waals surface area contributed by atoms with Crippen molar-refractivity contribution >= 4 is 21.6 Å². The summed E-state index contributed by atoms with van der Waals surface area (Å²) >= 11 is 0. The van der Waals surface area contributed by atoms with E-state index >= 15 is 0 Å². The lowest BCUT2D eigenvalue weighted by Gasteiger charge is -2.08. The zero-order chi connectivity index (χ0) is 18.6. The first kappa shape index (κ1) is 17.6. The van der Waals surface area contributed by atoms with Crippen LogP contribution >= 0.6 is 0 Å². The maximum Gasteiger partial charge on any atom is 0.319 e. The minimum Gasteiger partial charge on any atom is -0.334 e. The standard InChI is InChI=1S/C17H17N5O3S/c1-22-12-16(11-20-22)26(24,25)15-4-2-14(3-5-15)21-17(23)19-10-13-6-8-18-9-7-13/h2-9,11-12H,10H2,1H3,(H2,19,21,23). The molecule has 9 heteroatoms. The quantitative estimate of drug-likeness (QED) is 0.713. The third-order valence-electron chi connectivity index (χ3n) is 3.62. The first-order valence-electron chi connectivity index (χ1n) is 7.73. The van der Waals surface area contributed by atoms with Crippen LogP contribution < -0.4 is 10.6 Å². The summed E-state index contributed by atoms with van der Waals surface area (Å²) < 4.78 is 26.4. The highest BCUT2D eigenvalue weighted by Gasteiger charge is 2.19. The molecule has 3 aromatic rings. The minimum absolute atomic E-state index is 0.121. The van der Waals surface area contributed by atoms with Crippen molar-refractivity contribution in [1.82, 2.24) is 20.1 Å². The number of rotatable bonds is 5. The second-order valence-corrected chi connectivity index (χ2v) is 7.49. The summed E-state index contributed by atoms with van der Waals surface area (Å²) in [6, 6.07) is 9.19. The molecule has 0 unspecified atom stereocenters. The molecule has 1 aromatic carbocycles. The van der Waals surface area contributed by atoms with Crippen LogP contribution in [0.1, 0.15) is 5.56 Å². The van der Waals surface area contributed by atoms with E-state index in [4.69, 9.17) is 0 Å². The highest BCUT2D eigenvalue weighted by molar-refractivity contribution is 7.91. The monoisotopic (exact) mass is 371 g/mol. The lowest BCUT2D eigenvalue weighted by molar-refractivity contribution is 0.251. The Morgan fingerprint density at radius 1 is 1.08 bits per heavy atom. The highest BCUT2D eigenvalue weighted by atomic mass is 32.2. The molecule has 0 aliphatic rings. The number of carbonyl (C=O) groups excluding carboxylic acids is 1. The predicted octanol–water partition coefficient (Wildman–Crippen LogP) is 1.97. The Hall–Kier alpha value is -3.20. The summed E-state index contributed by atoms with van der Waals surface area (Å²) in [4.78, 5) is 16.1. The van der Waals surface area contributed by atoms with Gasteiger partial charge in [-0.3, -0.25) is 9.67 Å². The van der Waals surface area contributed by atoms with Gasteiger partial charge in [-0.2, -0.15) is 5.10 Å². The Bertz CT molecular complexity index is 998. The molecule has 3 rings (SSSR count). The van der Waals surface area contributed by atoms with Gasteiger partial charge in [-0.15, -0.1) is 0 Å². The van der Waals surface area contributed by atoms with Gasteiger partial charge < -0.3 is 10.6 Å². The van der Waals surface area contributed by atoms with Crippen molar-refractivity contribution in [3.63, 3.8) is 0 Å². The van der Waals surface area contributed by atoms with Crippen LogP contribution in [0.3, 0.4) is 0 Å². The summed E-state index contributed by atoms with van der Waals surface area (Å²) in [5, 5.41) is 9.25. The summed E-state index contributed by atoms with van der Waals surface area (Å²) in [5.74, 6) is 0. The van der Waals surface area contributed by atoms with Crippen LogP contribution in [-0.4, -0.2) is 29.2 Å². The minimum atomic E-state index is -3.63. The molecule has 2 amide bonds. The molecule has 0 aliphatic heterocycles. The van der Waals surface area contributed by atoms with Crippen LogP contribution in [0.25, 0.3) is 0 Å². The van der Waals surface area contributed by atoms with Gasteiger partial charge in [-0.05, 0) is 42.0 Å². The van der Waals surface area contributed by atoms with Crippen LogP contribution in [0.5, 0.6) is 0 Å². The molecule has 0 spiro atoms. The normalized spacial score (nSPS) is 11.1. The first-order chi connectivity index (χ1) is 12.4. The lowest BCUT2D eigenvalue weighted by Crippen LogP contribution is -2.28. The van der Waals surface area contributed by atoms with Gasteiger partial charge in [0.1, 0.15) is 4.90 Å². The molecule has 0 fully saturated rings. The molecular weight excluding hydrogens is 354 g/mol. The number of nitrogens with one attached hydrogen (secondary N) is 2. The van der Waals surface area contributed by atoms with Crippen molar-refractivity contribution in [2.24, 2.45) is 7.05 Å². The van der Waals surface area contributed by atoms with Gasteiger partial charge in [0.25, 0.3) is 0 Å². The van der Waals surface area contributed by atoms with E-state index in [1.807, 2.05) is 0 Å². The Kier molecular flexibility index (Phi) is 4.99. The first-order valence-corrected chi connectivity index (χ1v) is 9.21. The van der Waals surface area contributed by atoms with Crippen LogP contribution in [-0.2, 0) is 23.4 Å². The molecule has 0 saturated heterocycles. The molecule has 0 atom stereocenters. The number of benzene rings is 1. The number of pyridine rings is 1. The molecule has 2 aromatic heterocycles. The highest BCUT2D eigenvalue weighted by Crippen LogP contribution is 2.21. The van der Waals surface area contributed by atoms with Gasteiger partial charge in [-0.25, -0.2) is 13.2 Å². The number of hydrogen-bond donors (Lipinski definition) is 2. The van der Waals surface area contributed by atoms with E-state index in [9.17, 15) is 13.2 Å². The fourth-order valence-electron chi connectivity index (χ4n) is 2.25. The molecule has 8 nitrogen and oxygen atoms in total. The number of sulfone groups is 1. The van der Waals surface area contributed by atoms with Crippen molar-refractivity contribution in [2.75, 3.05) is 5.32 Å². The van der Waals surface area contributed by atoms with Crippen molar-refractivity contribution < 1.29 is 13.2 Å². The number of nitrogens with zero attached hydrogens (tertiary/aromatic N) is 3. The van der Waals surface area contributed by atoms with Crippen LogP contribution in [0.2, 0.25) is 0 Å². The molecular formula is C17H17N5O3S. The molecule has 2 N–H and O–H groups in total. The van der Waals surface area contributed by atoms with Gasteiger partial charge in [0.15, 0.2) is 0 Å². The number of urea groups is 1.